The number of fused-ring (bicyclic) bond motifs is 1. The molecule has 1 atom stereocenters. The highest BCUT2D eigenvalue weighted by atomic mass is 16.5. The Morgan fingerprint density at radius 2 is 2.21 bits per heavy atom. The summed E-state index contributed by atoms with van der Waals surface area (Å²) in [4.78, 5) is 4.40. The van der Waals surface area contributed by atoms with Gasteiger partial charge in [0.25, 0.3) is 0 Å². The maximum absolute atomic E-state index is 5.23. The molecule has 0 aliphatic rings. The third-order valence-corrected chi connectivity index (χ3v) is 3.21. The van der Waals surface area contributed by atoms with E-state index in [1.807, 2.05) is 29.9 Å². The molecule has 2 heterocycles. The van der Waals surface area contributed by atoms with Crippen LogP contribution in [0.1, 0.15) is 25.1 Å². The van der Waals surface area contributed by atoms with Crippen molar-refractivity contribution in [1.29, 1.82) is 0 Å². The van der Waals surface area contributed by atoms with Crippen molar-refractivity contribution >= 4 is 5.65 Å². The van der Waals surface area contributed by atoms with Gasteiger partial charge in [-0.2, -0.15) is 5.10 Å². The van der Waals surface area contributed by atoms with Gasteiger partial charge < -0.3 is 10.1 Å². The molecule has 0 saturated carbocycles. The van der Waals surface area contributed by atoms with Gasteiger partial charge in [-0.3, -0.25) is 0 Å². The second-order valence-electron chi connectivity index (χ2n) is 5.24. The average Bonchev–Trinajstić information content (AvgIpc) is 2.73. The van der Waals surface area contributed by atoms with Crippen LogP contribution >= 0.6 is 0 Å². The minimum atomic E-state index is 0.347. The van der Waals surface area contributed by atoms with Gasteiger partial charge in [0.15, 0.2) is 5.65 Å². The molecule has 19 heavy (non-hydrogen) atoms. The van der Waals surface area contributed by atoms with Crippen LogP contribution in [0.3, 0.4) is 0 Å². The van der Waals surface area contributed by atoms with Crippen molar-refractivity contribution < 1.29 is 4.74 Å². The summed E-state index contributed by atoms with van der Waals surface area (Å²) in [5, 5.41) is 7.88. The normalized spacial score (nSPS) is 13.3. The zero-order chi connectivity index (χ0) is 13.8. The summed E-state index contributed by atoms with van der Waals surface area (Å²) < 4.78 is 7.06. The summed E-state index contributed by atoms with van der Waals surface area (Å²) in [6.45, 7) is 7.84. The molecule has 0 bridgehead atoms. The molecule has 0 aliphatic heterocycles. The van der Waals surface area contributed by atoms with E-state index in [0.29, 0.717) is 18.6 Å². The molecule has 0 spiro atoms. The van der Waals surface area contributed by atoms with E-state index in [2.05, 4.69) is 29.2 Å². The highest BCUT2D eigenvalue weighted by Crippen LogP contribution is 2.07. The van der Waals surface area contributed by atoms with Crippen LogP contribution in [0.4, 0.5) is 0 Å². The molecule has 1 N–H and O–H groups in total. The highest BCUT2D eigenvalue weighted by molar-refractivity contribution is 5.38. The van der Waals surface area contributed by atoms with Crippen molar-refractivity contribution in [3.63, 3.8) is 0 Å². The molecule has 1 unspecified atom stereocenters. The standard InChI is InChI=1S/C14H22N4O/c1-10(2)13(9-19-4)15-6-12-7-16-14-5-11(3)17-18(14)8-12/h5,7-8,10,13,15H,6,9H2,1-4H3. The van der Waals surface area contributed by atoms with E-state index in [-0.39, 0.29) is 0 Å². The smallest absolute Gasteiger partial charge is 0.155 e. The molecule has 2 aromatic heterocycles. The molecule has 0 saturated heterocycles. The lowest BCUT2D eigenvalue weighted by atomic mass is 10.1. The summed E-state index contributed by atoms with van der Waals surface area (Å²) in [6, 6.07) is 2.32. The molecule has 5 heteroatoms. The second-order valence-corrected chi connectivity index (χ2v) is 5.24. The van der Waals surface area contributed by atoms with Gasteiger partial charge in [-0.25, -0.2) is 9.50 Å². The Hall–Kier alpha value is -1.46. The Morgan fingerprint density at radius 3 is 2.89 bits per heavy atom. The van der Waals surface area contributed by atoms with Gasteiger partial charge in [-0.1, -0.05) is 13.8 Å². The van der Waals surface area contributed by atoms with Crippen LogP contribution in [0.5, 0.6) is 0 Å². The maximum Gasteiger partial charge on any atom is 0.155 e. The number of methoxy groups -OCH3 is 1. The van der Waals surface area contributed by atoms with Crippen LogP contribution < -0.4 is 5.32 Å². The zero-order valence-corrected chi connectivity index (χ0v) is 12.1. The number of aromatic nitrogens is 3. The van der Waals surface area contributed by atoms with Crippen LogP contribution in [0.2, 0.25) is 0 Å². The minimum absolute atomic E-state index is 0.347. The first kappa shape index (κ1) is 14.0. The first-order valence-corrected chi connectivity index (χ1v) is 6.63. The van der Waals surface area contributed by atoms with Crippen LogP contribution in [-0.2, 0) is 11.3 Å². The molecule has 0 aliphatic carbocycles. The Kier molecular flexibility index (Phi) is 4.50. The quantitative estimate of drug-likeness (QED) is 0.862. The number of aryl methyl sites for hydroxylation is 1. The second kappa shape index (κ2) is 6.12. The van der Waals surface area contributed by atoms with E-state index in [1.54, 1.807) is 7.11 Å². The van der Waals surface area contributed by atoms with Crippen LogP contribution in [-0.4, -0.2) is 34.4 Å². The minimum Gasteiger partial charge on any atom is -0.383 e. The fraction of sp³-hybridized carbons (Fsp3) is 0.571. The maximum atomic E-state index is 5.23. The van der Waals surface area contributed by atoms with E-state index in [0.717, 1.165) is 23.4 Å². The van der Waals surface area contributed by atoms with Crippen molar-refractivity contribution in [3.8, 4) is 0 Å². The number of hydrogen-bond donors (Lipinski definition) is 1. The molecule has 0 fully saturated rings. The van der Waals surface area contributed by atoms with Gasteiger partial charge in [-0.15, -0.1) is 0 Å². The Bertz CT molecular complexity index is 535. The van der Waals surface area contributed by atoms with Gasteiger partial charge in [0.05, 0.1) is 12.3 Å². The first-order chi connectivity index (χ1) is 9.10. The van der Waals surface area contributed by atoms with Crippen LogP contribution in [0.15, 0.2) is 18.5 Å². The third-order valence-electron chi connectivity index (χ3n) is 3.21. The Labute approximate surface area is 114 Å². The lowest BCUT2D eigenvalue weighted by Crippen LogP contribution is -2.37. The van der Waals surface area contributed by atoms with Gasteiger partial charge in [0, 0.05) is 43.7 Å². The highest BCUT2D eigenvalue weighted by Gasteiger charge is 2.12. The fourth-order valence-electron chi connectivity index (χ4n) is 2.04. The van der Waals surface area contributed by atoms with E-state index in [9.17, 15) is 0 Å². The summed E-state index contributed by atoms with van der Waals surface area (Å²) in [5.41, 5.74) is 2.99. The van der Waals surface area contributed by atoms with Crippen molar-refractivity contribution in [1.82, 2.24) is 19.9 Å². The van der Waals surface area contributed by atoms with Gasteiger partial charge in [0.1, 0.15) is 0 Å². The van der Waals surface area contributed by atoms with E-state index >= 15 is 0 Å². The number of rotatable bonds is 6. The van der Waals surface area contributed by atoms with Crippen LogP contribution in [0.25, 0.3) is 5.65 Å². The lowest BCUT2D eigenvalue weighted by molar-refractivity contribution is 0.146. The van der Waals surface area contributed by atoms with Crippen molar-refractivity contribution in [3.05, 3.63) is 29.7 Å². The number of nitrogens with one attached hydrogen (secondary N) is 1. The Morgan fingerprint density at radius 1 is 1.42 bits per heavy atom. The molecule has 5 nitrogen and oxygen atoms in total. The van der Waals surface area contributed by atoms with E-state index in [4.69, 9.17) is 4.74 Å². The summed E-state index contributed by atoms with van der Waals surface area (Å²) in [5.74, 6) is 0.531. The topological polar surface area (TPSA) is 51.5 Å². The van der Waals surface area contributed by atoms with Crippen molar-refractivity contribution in [2.75, 3.05) is 13.7 Å². The number of ether oxygens (including phenoxy) is 1. The molecular formula is C14H22N4O. The lowest BCUT2D eigenvalue weighted by Gasteiger charge is -2.21. The van der Waals surface area contributed by atoms with Crippen LogP contribution in [0, 0.1) is 12.8 Å². The summed E-state index contributed by atoms with van der Waals surface area (Å²) >= 11 is 0. The predicted octanol–water partition coefficient (Wildman–Crippen LogP) is 1.80. The Balaban J connectivity index is 2.04. The van der Waals surface area contributed by atoms with Gasteiger partial charge in [0.2, 0.25) is 0 Å². The number of nitrogens with zero attached hydrogens (tertiary/aromatic N) is 3. The largest absolute Gasteiger partial charge is 0.383 e. The molecule has 2 aromatic rings. The molecule has 2 rings (SSSR count). The average molecular weight is 262 g/mol. The number of hydrogen-bond acceptors (Lipinski definition) is 4. The fourth-order valence-corrected chi connectivity index (χ4v) is 2.04. The zero-order valence-electron chi connectivity index (χ0n) is 12.1. The summed E-state index contributed by atoms with van der Waals surface area (Å²) in [6.07, 6.45) is 3.92. The van der Waals surface area contributed by atoms with Gasteiger partial charge in [-0.05, 0) is 12.8 Å². The van der Waals surface area contributed by atoms with Gasteiger partial charge >= 0.3 is 0 Å². The van der Waals surface area contributed by atoms with E-state index in [1.165, 1.54) is 0 Å². The monoisotopic (exact) mass is 262 g/mol. The van der Waals surface area contributed by atoms with Crippen molar-refractivity contribution in [2.24, 2.45) is 5.92 Å². The van der Waals surface area contributed by atoms with Crippen molar-refractivity contribution in [2.45, 2.75) is 33.4 Å². The molecule has 0 amide bonds. The van der Waals surface area contributed by atoms with E-state index < -0.39 is 0 Å². The summed E-state index contributed by atoms with van der Waals surface area (Å²) in [7, 11) is 1.73. The molecule has 0 aromatic carbocycles. The SMILES string of the molecule is COCC(NCc1cnc2cc(C)nn2c1)C(C)C. The first-order valence-electron chi connectivity index (χ1n) is 6.63. The molecule has 104 valence electrons. The predicted molar refractivity (Wildman–Crippen MR) is 75.1 cm³/mol. The molecular weight excluding hydrogens is 240 g/mol. The molecule has 0 radical (unpaired) electrons. The third kappa shape index (κ3) is 3.52.